The molecule has 0 bridgehead atoms. The van der Waals surface area contributed by atoms with Crippen molar-refractivity contribution >= 4 is 17.9 Å². The predicted octanol–water partition coefficient (Wildman–Crippen LogP) is 3.99. The molecule has 1 N–H and O–H groups in total. The van der Waals surface area contributed by atoms with Crippen LogP contribution in [0.25, 0.3) is 0 Å². The predicted molar refractivity (Wildman–Crippen MR) is 110 cm³/mol. The number of nitrogens with zero attached hydrogens (tertiary/aromatic N) is 2. The summed E-state index contributed by atoms with van der Waals surface area (Å²) in [5.74, 6) is 0.424. The molecule has 0 spiro atoms. The molecule has 0 unspecified atom stereocenters. The Bertz CT molecular complexity index is 896. The fraction of sp³-hybridized carbons (Fsp3) is 0.500. The van der Waals surface area contributed by atoms with E-state index >= 15 is 0 Å². The van der Waals surface area contributed by atoms with Crippen LogP contribution in [0.2, 0.25) is 0 Å². The van der Waals surface area contributed by atoms with Gasteiger partial charge in [0.2, 0.25) is 0 Å². The zero-order valence-electron chi connectivity index (χ0n) is 17.6. The maximum absolute atomic E-state index is 12.6. The van der Waals surface area contributed by atoms with Gasteiger partial charge < -0.3 is 14.8 Å². The number of aryl methyl sites for hydroxylation is 3. The minimum absolute atomic E-state index is 0.177. The van der Waals surface area contributed by atoms with Gasteiger partial charge in [0.25, 0.3) is 0 Å². The topological polar surface area (TPSA) is 82.5 Å². The number of fused-ring (bicyclic) bond motifs is 1. The van der Waals surface area contributed by atoms with Crippen molar-refractivity contribution in [2.45, 2.75) is 59.0 Å². The summed E-state index contributed by atoms with van der Waals surface area (Å²) in [5, 5.41) is 3.34. The normalized spacial score (nSPS) is 13.4. The average Bonchev–Trinajstić information content (AvgIpc) is 3.10. The summed E-state index contributed by atoms with van der Waals surface area (Å²) in [6.45, 7) is 8.28. The molecule has 7 heteroatoms. The lowest BCUT2D eigenvalue weighted by Crippen LogP contribution is -2.28. The van der Waals surface area contributed by atoms with Crippen molar-refractivity contribution in [3.8, 4) is 0 Å². The molecule has 0 saturated carbocycles. The van der Waals surface area contributed by atoms with Crippen LogP contribution in [0.15, 0.2) is 24.4 Å². The molecule has 1 aliphatic rings. The highest BCUT2D eigenvalue weighted by atomic mass is 16.6. The number of esters is 1. The molecule has 1 aliphatic heterocycles. The van der Waals surface area contributed by atoms with Gasteiger partial charge in [-0.15, -0.1) is 0 Å². The van der Waals surface area contributed by atoms with E-state index in [2.05, 4.69) is 11.4 Å². The minimum Gasteiger partial charge on any atom is -0.461 e. The van der Waals surface area contributed by atoms with Gasteiger partial charge in [-0.2, -0.15) is 0 Å². The lowest BCUT2D eigenvalue weighted by Gasteiger charge is -2.20. The standard InChI is InChI=1S/C22H29N3O4/c1-5-28-20(26)18-13-15(14-25(18)21(27)29-22(2,3)4)8-10-17-11-9-16-7-6-12-23-19(16)24-17/h9,11,13-14H,5-8,10,12H2,1-4H3,(H,23,24). The molecule has 0 atom stereocenters. The zero-order chi connectivity index (χ0) is 21.0. The van der Waals surface area contributed by atoms with Crippen LogP contribution >= 0.6 is 0 Å². The number of hydrogen-bond donors (Lipinski definition) is 1. The summed E-state index contributed by atoms with van der Waals surface area (Å²) in [7, 11) is 0. The minimum atomic E-state index is -0.659. The first-order chi connectivity index (χ1) is 13.8. The number of carbonyl (C=O) groups is 2. The Kier molecular flexibility index (Phi) is 6.25. The third-order valence-electron chi connectivity index (χ3n) is 4.57. The molecule has 2 aromatic heterocycles. The van der Waals surface area contributed by atoms with Gasteiger partial charge in [0.05, 0.1) is 6.61 Å². The van der Waals surface area contributed by atoms with Gasteiger partial charge in [0, 0.05) is 18.4 Å². The lowest BCUT2D eigenvalue weighted by atomic mass is 10.1. The summed E-state index contributed by atoms with van der Waals surface area (Å²) in [4.78, 5) is 29.6. The quantitative estimate of drug-likeness (QED) is 0.766. The number of anilines is 1. The van der Waals surface area contributed by atoms with Gasteiger partial charge in [-0.05, 0) is 76.6 Å². The number of rotatable bonds is 5. The van der Waals surface area contributed by atoms with Gasteiger partial charge >= 0.3 is 12.1 Å². The van der Waals surface area contributed by atoms with Crippen LogP contribution in [0.4, 0.5) is 10.6 Å². The molecule has 156 valence electrons. The van der Waals surface area contributed by atoms with E-state index in [0.29, 0.717) is 12.8 Å². The number of ether oxygens (including phenoxy) is 2. The summed E-state index contributed by atoms with van der Waals surface area (Å²) in [6, 6.07) is 5.86. The van der Waals surface area contributed by atoms with Gasteiger partial charge in [0.1, 0.15) is 17.1 Å². The molecular weight excluding hydrogens is 370 g/mol. The van der Waals surface area contributed by atoms with E-state index in [1.807, 2.05) is 6.07 Å². The van der Waals surface area contributed by atoms with E-state index < -0.39 is 17.7 Å². The molecule has 2 aromatic rings. The monoisotopic (exact) mass is 399 g/mol. The third-order valence-corrected chi connectivity index (χ3v) is 4.57. The van der Waals surface area contributed by atoms with Crippen LogP contribution in [0.5, 0.6) is 0 Å². The number of hydrogen-bond acceptors (Lipinski definition) is 6. The van der Waals surface area contributed by atoms with Gasteiger partial charge in [-0.3, -0.25) is 0 Å². The molecule has 3 rings (SSSR count). The molecule has 7 nitrogen and oxygen atoms in total. The number of aromatic nitrogens is 2. The fourth-order valence-electron chi connectivity index (χ4n) is 3.26. The van der Waals surface area contributed by atoms with Gasteiger partial charge in [0.15, 0.2) is 0 Å². The highest BCUT2D eigenvalue weighted by molar-refractivity contribution is 5.92. The SMILES string of the molecule is CCOC(=O)c1cc(CCc2ccc3c(n2)NCCC3)cn1C(=O)OC(C)(C)C. The fourth-order valence-corrected chi connectivity index (χ4v) is 3.26. The first kappa shape index (κ1) is 20.9. The Balaban J connectivity index is 1.77. The van der Waals surface area contributed by atoms with Crippen molar-refractivity contribution in [3.05, 3.63) is 46.9 Å². The van der Waals surface area contributed by atoms with Crippen LogP contribution in [0.1, 0.15) is 61.4 Å². The van der Waals surface area contributed by atoms with Crippen molar-refractivity contribution in [1.29, 1.82) is 0 Å². The van der Waals surface area contributed by atoms with E-state index in [4.69, 9.17) is 14.5 Å². The summed E-state index contributed by atoms with van der Waals surface area (Å²) < 4.78 is 11.8. The van der Waals surface area contributed by atoms with E-state index in [1.54, 1.807) is 40.0 Å². The maximum atomic E-state index is 12.6. The summed E-state index contributed by atoms with van der Waals surface area (Å²) >= 11 is 0. The Labute approximate surface area is 171 Å². The Morgan fingerprint density at radius 2 is 2.03 bits per heavy atom. The molecule has 0 amide bonds. The van der Waals surface area contributed by atoms with Crippen LogP contribution in [0.3, 0.4) is 0 Å². The van der Waals surface area contributed by atoms with Crippen LogP contribution in [-0.2, 0) is 28.7 Å². The first-order valence-corrected chi connectivity index (χ1v) is 10.1. The van der Waals surface area contributed by atoms with E-state index in [9.17, 15) is 9.59 Å². The highest BCUT2D eigenvalue weighted by Crippen LogP contribution is 2.21. The maximum Gasteiger partial charge on any atom is 0.419 e. The van der Waals surface area contributed by atoms with Crippen LogP contribution in [-0.4, -0.2) is 40.4 Å². The van der Waals surface area contributed by atoms with Crippen molar-refractivity contribution in [2.24, 2.45) is 0 Å². The third kappa shape index (κ3) is 5.37. The molecule has 29 heavy (non-hydrogen) atoms. The Morgan fingerprint density at radius 3 is 2.76 bits per heavy atom. The van der Waals surface area contributed by atoms with Gasteiger partial charge in [-0.25, -0.2) is 19.1 Å². The van der Waals surface area contributed by atoms with Crippen molar-refractivity contribution in [2.75, 3.05) is 18.5 Å². The van der Waals surface area contributed by atoms with E-state index in [-0.39, 0.29) is 12.3 Å². The van der Waals surface area contributed by atoms with Crippen molar-refractivity contribution in [3.63, 3.8) is 0 Å². The molecule has 0 aromatic carbocycles. The first-order valence-electron chi connectivity index (χ1n) is 10.1. The second kappa shape index (κ2) is 8.68. The molecule has 3 heterocycles. The average molecular weight is 399 g/mol. The Hall–Kier alpha value is -2.83. The van der Waals surface area contributed by atoms with Crippen molar-refractivity contribution < 1.29 is 19.1 Å². The van der Waals surface area contributed by atoms with E-state index in [0.717, 1.165) is 36.5 Å². The number of pyridine rings is 1. The zero-order valence-corrected chi connectivity index (χ0v) is 17.6. The molecule has 0 fully saturated rings. The second-order valence-electron chi connectivity index (χ2n) is 8.15. The smallest absolute Gasteiger partial charge is 0.419 e. The second-order valence-corrected chi connectivity index (χ2v) is 8.15. The summed E-state index contributed by atoms with van der Waals surface area (Å²) in [6.07, 6.45) is 4.59. The molecule has 0 saturated heterocycles. The Morgan fingerprint density at radius 1 is 1.24 bits per heavy atom. The number of carbonyl (C=O) groups excluding carboxylic acids is 2. The molecule has 0 aliphatic carbocycles. The number of nitrogens with one attached hydrogen (secondary N) is 1. The summed E-state index contributed by atoms with van der Waals surface area (Å²) in [5.41, 5.74) is 2.59. The highest BCUT2D eigenvalue weighted by Gasteiger charge is 2.24. The molecular formula is C22H29N3O4. The van der Waals surface area contributed by atoms with Crippen LogP contribution < -0.4 is 5.32 Å². The largest absolute Gasteiger partial charge is 0.461 e. The van der Waals surface area contributed by atoms with E-state index in [1.165, 1.54) is 10.1 Å². The lowest BCUT2D eigenvalue weighted by molar-refractivity contribution is 0.0449. The van der Waals surface area contributed by atoms with Crippen LogP contribution in [0, 0.1) is 0 Å². The molecule has 0 radical (unpaired) electrons. The van der Waals surface area contributed by atoms with Gasteiger partial charge in [-0.1, -0.05) is 6.07 Å². The van der Waals surface area contributed by atoms with Crippen molar-refractivity contribution in [1.82, 2.24) is 9.55 Å².